The molecule has 4 rings (SSSR count). The molecule has 2 aromatic rings. The largest absolute Gasteiger partial charge is 0.378 e. The predicted octanol–water partition coefficient (Wildman–Crippen LogP) is 3.40. The maximum absolute atomic E-state index is 14.1. The van der Waals surface area contributed by atoms with E-state index in [1.807, 2.05) is 48.3 Å². The van der Waals surface area contributed by atoms with Crippen molar-refractivity contribution in [3.05, 3.63) is 65.5 Å². The van der Waals surface area contributed by atoms with Crippen molar-refractivity contribution in [3.8, 4) is 0 Å². The number of amides is 1. The van der Waals surface area contributed by atoms with Crippen LogP contribution in [0, 0.1) is 5.82 Å². The highest BCUT2D eigenvalue weighted by atomic mass is 19.1. The van der Waals surface area contributed by atoms with Gasteiger partial charge in [-0.2, -0.15) is 0 Å². The topological polar surface area (TPSA) is 36.0 Å². The quantitative estimate of drug-likeness (QED) is 0.756. The van der Waals surface area contributed by atoms with Crippen molar-refractivity contribution < 1.29 is 13.9 Å². The van der Waals surface area contributed by atoms with E-state index >= 15 is 0 Å². The number of para-hydroxylation sites is 1. The number of anilines is 1. The molecule has 2 fully saturated rings. The van der Waals surface area contributed by atoms with Crippen LogP contribution in [-0.2, 0) is 11.3 Å². The molecule has 0 N–H and O–H groups in total. The van der Waals surface area contributed by atoms with E-state index in [1.54, 1.807) is 6.07 Å². The van der Waals surface area contributed by atoms with Crippen LogP contribution in [0.4, 0.5) is 10.1 Å². The van der Waals surface area contributed by atoms with Crippen LogP contribution in [0.3, 0.4) is 0 Å². The van der Waals surface area contributed by atoms with Gasteiger partial charge in [0, 0.05) is 50.5 Å². The lowest BCUT2D eigenvalue weighted by molar-refractivity contribution is 0.0607. The van der Waals surface area contributed by atoms with Crippen LogP contribution < -0.4 is 4.90 Å². The molecule has 0 radical (unpaired) electrons. The number of likely N-dealkylation sites (tertiary alicyclic amines) is 1. The van der Waals surface area contributed by atoms with E-state index in [9.17, 15) is 9.18 Å². The second-order valence-corrected chi connectivity index (χ2v) is 8.16. The van der Waals surface area contributed by atoms with Gasteiger partial charge in [-0.1, -0.05) is 30.3 Å². The molecule has 2 heterocycles. The first-order valence-electron chi connectivity index (χ1n) is 10.8. The minimum absolute atomic E-state index is 0.0508. The Morgan fingerprint density at radius 1 is 1.10 bits per heavy atom. The van der Waals surface area contributed by atoms with Crippen molar-refractivity contribution in [2.45, 2.75) is 25.4 Å². The molecule has 2 aliphatic rings. The summed E-state index contributed by atoms with van der Waals surface area (Å²) in [4.78, 5) is 19.8. The van der Waals surface area contributed by atoms with Crippen LogP contribution in [0.25, 0.3) is 0 Å². The van der Waals surface area contributed by atoms with Gasteiger partial charge in [0.1, 0.15) is 5.82 Å². The van der Waals surface area contributed by atoms with E-state index in [0.717, 1.165) is 50.3 Å². The molecule has 30 heavy (non-hydrogen) atoms. The van der Waals surface area contributed by atoms with Crippen LogP contribution in [0.2, 0.25) is 0 Å². The molecule has 2 aliphatic heterocycles. The van der Waals surface area contributed by atoms with Crippen molar-refractivity contribution in [2.75, 3.05) is 51.3 Å². The highest BCUT2D eigenvalue weighted by molar-refractivity contribution is 5.99. The molecule has 1 amide bonds. The molecule has 0 saturated carbocycles. The molecule has 0 aliphatic carbocycles. The summed E-state index contributed by atoms with van der Waals surface area (Å²) in [7, 11) is 1.90. The molecule has 0 spiro atoms. The van der Waals surface area contributed by atoms with Crippen LogP contribution in [0.5, 0.6) is 0 Å². The summed E-state index contributed by atoms with van der Waals surface area (Å²) in [6, 6.07) is 14.9. The van der Waals surface area contributed by atoms with E-state index in [1.165, 1.54) is 6.07 Å². The summed E-state index contributed by atoms with van der Waals surface area (Å²) in [6.07, 6.45) is 1.97. The predicted molar refractivity (Wildman–Crippen MR) is 116 cm³/mol. The Bertz CT molecular complexity index is 869. The third kappa shape index (κ3) is 4.65. The summed E-state index contributed by atoms with van der Waals surface area (Å²) < 4.78 is 19.5. The Hall–Kier alpha value is -2.44. The third-order valence-electron chi connectivity index (χ3n) is 6.19. The molecule has 0 aromatic heterocycles. The van der Waals surface area contributed by atoms with Crippen molar-refractivity contribution in [1.29, 1.82) is 0 Å². The van der Waals surface area contributed by atoms with Gasteiger partial charge in [0.05, 0.1) is 18.8 Å². The molecule has 1 unspecified atom stereocenters. The van der Waals surface area contributed by atoms with Gasteiger partial charge < -0.3 is 14.5 Å². The highest BCUT2D eigenvalue weighted by Crippen LogP contribution is 2.25. The van der Waals surface area contributed by atoms with Crippen molar-refractivity contribution >= 4 is 11.6 Å². The Labute approximate surface area is 178 Å². The fraction of sp³-hybridized carbons (Fsp3) is 0.458. The summed E-state index contributed by atoms with van der Waals surface area (Å²) in [6.45, 7) is 5.24. The molecular weight excluding hydrogens is 381 g/mol. The number of piperidine rings is 1. The minimum Gasteiger partial charge on any atom is -0.378 e. The van der Waals surface area contributed by atoms with Gasteiger partial charge in [0.2, 0.25) is 0 Å². The van der Waals surface area contributed by atoms with E-state index in [0.29, 0.717) is 25.3 Å². The van der Waals surface area contributed by atoms with Gasteiger partial charge >= 0.3 is 0 Å². The molecule has 2 aromatic carbocycles. The second-order valence-electron chi connectivity index (χ2n) is 8.16. The summed E-state index contributed by atoms with van der Waals surface area (Å²) in [5, 5.41) is 0. The van der Waals surface area contributed by atoms with Gasteiger partial charge in [0.25, 0.3) is 5.91 Å². The minimum atomic E-state index is -0.163. The molecule has 6 heteroatoms. The lowest BCUT2D eigenvalue weighted by Crippen LogP contribution is -2.48. The number of hydrogen-bond acceptors (Lipinski definition) is 4. The van der Waals surface area contributed by atoms with Crippen LogP contribution in [-0.4, -0.2) is 68.2 Å². The normalized spacial score (nSPS) is 20.2. The third-order valence-corrected chi connectivity index (χ3v) is 6.19. The summed E-state index contributed by atoms with van der Waals surface area (Å²) in [5.74, 6) is -0.113. The number of ether oxygens (including phenoxy) is 1. The van der Waals surface area contributed by atoms with Crippen molar-refractivity contribution in [2.24, 2.45) is 0 Å². The second kappa shape index (κ2) is 9.58. The van der Waals surface area contributed by atoms with E-state index in [2.05, 4.69) is 9.80 Å². The fourth-order valence-electron chi connectivity index (χ4n) is 4.45. The van der Waals surface area contributed by atoms with Crippen molar-refractivity contribution in [1.82, 2.24) is 9.80 Å². The smallest absolute Gasteiger partial charge is 0.255 e. The van der Waals surface area contributed by atoms with Gasteiger partial charge in [0.15, 0.2) is 0 Å². The summed E-state index contributed by atoms with van der Waals surface area (Å²) in [5.41, 5.74) is 2.44. The Morgan fingerprint density at radius 3 is 2.63 bits per heavy atom. The Morgan fingerprint density at radius 2 is 1.83 bits per heavy atom. The zero-order chi connectivity index (χ0) is 20.9. The maximum Gasteiger partial charge on any atom is 0.255 e. The number of likely N-dealkylation sites (N-methyl/N-ethyl adjacent to an activating group) is 1. The van der Waals surface area contributed by atoms with E-state index in [-0.39, 0.29) is 17.8 Å². The maximum atomic E-state index is 14.1. The first-order valence-corrected chi connectivity index (χ1v) is 10.8. The zero-order valence-corrected chi connectivity index (χ0v) is 17.6. The lowest BCUT2D eigenvalue weighted by atomic mass is 10.0. The number of rotatable bonds is 5. The first kappa shape index (κ1) is 20.8. The van der Waals surface area contributed by atoms with Crippen LogP contribution in [0.15, 0.2) is 48.5 Å². The molecule has 2 saturated heterocycles. The standard InChI is InChI=1S/C24H30FN3O2/c1-26(20-8-6-12-27(18-20)17-19-7-2-4-10-22(19)25)24(29)21-9-3-5-11-23(21)28-13-15-30-16-14-28/h2-5,7,9-11,20H,6,8,12-18H2,1H3. The molecule has 5 nitrogen and oxygen atoms in total. The fourth-order valence-corrected chi connectivity index (χ4v) is 4.45. The Kier molecular flexibility index (Phi) is 6.65. The number of carbonyl (C=O) groups is 1. The number of hydrogen-bond donors (Lipinski definition) is 0. The van der Waals surface area contributed by atoms with Crippen LogP contribution >= 0.6 is 0 Å². The average molecular weight is 412 g/mol. The number of benzene rings is 2. The monoisotopic (exact) mass is 411 g/mol. The van der Waals surface area contributed by atoms with Gasteiger partial charge in [-0.25, -0.2) is 4.39 Å². The van der Waals surface area contributed by atoms with Gasteiger partial charge in [-0.15, -0.1) is 0 Å². The molecule has 160 valence electrons. The van der Waals surface area contributed by atoms with Crippen LogP contribution in [0.1, 0.15) is 28.8 Å². The van der Waals surface area contributed by atoms with E-state index in [4.69, 9.17) is 4.74 Å². The summed E-state index contributed by atoms with van der Waals surface area (Å²) >= 11 is 0. The Balaban J connectivity index is 1.45. The number of carbonyl (C=O) groups excluding carboxylic acids is 1. The average Bonchev–Trinajstić information content (AvgIpc) is 2.80. The van der Waals surface area contributed by atoms with Gasteiger partial charge in [-0.05, 0) is 37.6 Å². The van der Waals surface area contributed by atoms with Gasteiger partial charge in [-0.3, -0.25) is 9.69 Å². The van der Waals surface area contributed by atoms with E-state index < -0.39 is 0 Å². The first-order chi connectivity index (χ1) is 14.6. The molecular formula is C24H30FN3O2. The number of morpholine rings is 1. The van der Waals surface area contributed by atoms with Crippen molar-refractivity contribution in [3.63, 3.8) is 0 Å². The molecule has 1 atom stereocenters. The SMILES string of the molecule is CN(C(=O)c1ccccc1N1CCOCC1)C1CCCN(Cc2ccccc2F)C1. The molecule has 0 bridgehead atoms. The number of halogens is 1. The zero-order valence-electron chi connectivity index (χ0n) is 17.6. The highest BCUT2D eigenvalue weighted by Gasteiger charge is 2.29. The lowest BCUT2D eigenvalue weighted by Gasteiger charge is -2.38. The number of nitrogens with zero attached hydrogens (tertiary/aromatic N) is 3.